The number of ether oxygens (including phenoxy) is 1. The lowest BCUT2D eigenvalue weighted by atomic mass is 9.75. The van der Waals surface area contributed by atoms with Gasteiger partial charge in [-0.15, -0.1) is 0 Å². The number of halogens is 1. The molecule has 5 aromatic rings. The van der Waals surface area contributed by atoms with Crippen molar-refractivity contribution >= 4 is 39.7 Å². The SMILES string of the molecule is CCOc1cc2c(cc1/C=C/C(C)=O)nc(C1(NC(=O)c3ccc4c(C5CCCC5)c(-c5ccc(F)cn5)n(C)c4c3)CCC1)n2C. The Kier molecular flexibility index (Phi) is 7.94. The van der Waals surface area contributed by atoms with E-state index in [0.29, 0.717) is 23.8 Å². The molecule has 47 heavy (non-hydrogen) atoms. The van der Waals surface area contributed by atoms with Gasteiger partial charge in [0.2, 0.25) is 0 Å². The van der Waals surface area contributed by atoms with Crippen LogP contribution in [0.5, 0.6) is 5.75 Å². The molecule has 7 rings (SSSR count). The van der Waals surface area contributed by atoms with Crippen molar-refractivity contribution in [3.8, 4) is 17.1 Å². The zero-order valence-electron chi connectivity index (χ0n) is 27.4. The van der Waals surface area contributed by atoms with Gasteiger partial charge in [-0.2, -0.15) is 0 Å². The van der Waals surface area contributed by atoms with Gasteiger partial charge in [0.15, 0.2) is 5.78 Å². The molecular formula is C38H40FN5O3. The van der Waals surface area contributed by atoms with Gasteiger partial charge in [0.25, 0.3) is 5.91 Å². The van der Waals surface area contributed by atoms with Crippen molar-refractivity contribution < 1.29 is 18.7 Å². The summed E-state index contributed by atoms with van der Waals surface area (Å²) in [7, 11) is 3.98. The minimum Gasteiger partial charge on any atom is -0.493 e. The number of allylic oxidation sites excluding steroid dienone is 1. The number of carbonyl (C=O) groups is 2. The number of pyridine rings is 1. The summed E-state index contributed by atoms with van der Waals surface area (Å²) in [6.07, 6.45) is 11.7. The Bertz CT molecular complexity index is 2050. The molecule has 2 aromatic carbocycles. The van der Waals surface area contributed by atoms with E-state index in [4.69, 9.17) is 9.72 Å². The molecule has 1 amide bonds. The fraction of sp³-hybridized carbons (Fsp3) is 0.368. The lowest BCUT2D eigenvalue weighted by Gasteiger charge is -2.41. The number of hydrogen-bond acceptors (Lipinski definition) is 5. The molecule has 0 saturated heterocycles. The van der Waals surface area contributed by atoms with Gasteiger partial charge in [0.05, 0.1) is 40.8 Å². The molecule has 0 radical (unpaired) electrons. The third-order valence-electron chi connectivity index (χ3n) is 10.0. The maximum absolute atomic E-state index is 14.0. The molecule has 1 N–H and O–H groups in total. The van der Waals surface area contributed by atoms with E-state index in [1.54, 1.807) is 12.1 Å². The van der Waals surface area contributed by atoms with Crippen LogP contribution in [0, 0.1) is 5.82 Å². The normalized spacial score (nSPS) is 16.3. The number of rotatable bonds is 9. The molecular weight excluding hydrogens is 593 g/mol. The van der Waals surface area contributed by atoms with Crippen molar-refractivity contribution in [2.75, 3.05) is 6.61 Å². The first-order valence-electron chi connectivity index (χ1n) is 16.6. The molecule has 0 atom stereocenters. The van der Waals surface area contributed by atoms with Crippen LogP contribution in [0.1, 0.15) is 92.0 Å². The largest absolute Gasteiger partial charge is 0.493 e. The molecule has 0 aliphatic heterocycles. The first kappa shape index (κ1) is 30.8. The molecule has 2 saturated carbocycles. The maximum Gasteiger partial charge on any atom is 0.252 e. The zero-order chi connectivity index (χ0) is 32.9. The van der Waals surface area contributed by atoms with E-state index in [0.717, 1.165) is 76.8 Å². The van der Waals surface area contributed by atoms with Gasteiger partial charge in [0.1, 0.15) is 17.4 Å². The molecule has 2 fully saturated rings. The minimum absolute atomic E-state index is 0.0444. The van der Waals surface area contributed by atoms with Crippen LogP contribution in [0.25, 0.3) is 39.4 Å². The first-order valence-corrected chi connectivity index (χ1v) is 16.6. The Hall–Kier alpha value is -4.79. The average molecular weight is 634 g/mol. The number of nitrogens with zero attached hydrogens (tertiary/aromatic N) is 4. The number of imidazole rings is 1. The number of hydrogen-bond donors (Lipinski definition) is 1. The highest BCUT2D eigenvalue weighted by atomic mass is 19.1. The van der Waals surface area contributed by atoms with Gasteiger partial charge in [-0.1, -0.05) is 18.9 Å². The molecule has 3 heterocycles. The van der Waals surface area contributed by atoms with Crippen LogP contribution in [-0.2, 0) is 24.4 Å². The van der Waals surface area contributed by atoms with Crippen LogP contribution in [0.4, 0.5) is 4.39 Å². The minimum atomic E-state index is -0.604. The fourth-order valence-electron chi connectivity index (χ4n) is 7.57. The Morgan fingerprint density at radius 1 is 1.04 bits per heavy atom. The zero-order valence-corrected chi connectivity index (χ0v) is 27.4. The van der Waals surface area contributed by atoms with Gasteiger partial charge in [-0.05, 0) is 99.9 Å². The van der Waals surface area contributed by atoms with E-state index in [2.05, 4.69) is 20.9 Å². The summed E-state index contributed by atoms with van der Waals surface area (Å²) in [6, 6.07) is 13.1. The van der Waals surface area contributed by atoms with E-state index in [9.17, 15) is 14.0 Å². The topological polar surface area (TPSA) is 91.0 Å². The lowest BCUT2D eigenvalue weighted by molar-refractivity contribution is -0.112. The molecule has 9 heteroatoms. The number of carbonyl (C=O) groups excluding carboxylic acids is 2. The quantitative estimate of drug-likeness (QED) is 0.168. The van der Waals surface area contributed by atoms with E-state index in [1.807, 2.05) is 49.9 Å². The van der Waals surface area contributed by atoms with Crippen LogP contribution in [0.15, 0.2) is 54.7 Å². The summed E-state index contributed by atoms with van der Waals surface area (Å²) < 4.78 is 23.9. The standard InChI is InChI=1S/C38H40FN5O3/c1-5-47-33-21-32-30(19-25(33)12-11-23(2)45)41-37(44(32)4)38(17-8-18-38)42-36(46)26-13-15-28-31(20-26)43(3)35(29-16-14-27(39)22-40-29)34(28)24-9-6-7-10-24/h11-16,19-22,24H,5-10,17-18H2,1-4H3,(H,42,46)/b12-11+. The number of nitrogens with one attached hydrogen (secondary N) is 1. The highest BCUT2D eigenvalue weighted by molar-refractivity contribution is 6.01. The van der Waals surface area contributed by atoms with Gasteiger partial charge < -0.3 is 19.2 Å². The van der Waals surface area contributed by atoms with Crippen LogP contribution in [0.2, 0.25) is 0 Å². The van der Waals surface area contributed by atoms with E-state index < -0.39 is 5.54 Å². The van der Waals surface area contributed by atoms with Crippen molar-refractivity contribution in [2.24, 2.45) is 14.1 Å². The molecule has 0 spiro atoms. The van der Waals surface area contributed by atoms with Crippen LogP contribution < -0.4 is 10.1 Å². The third-order valence-corrected chi connectivity index (χ3v) is 10.0. The summed E-state index contributed by atoms with van der Waals surface area (Å²) in [4.78, 5) is 35.2. The summed E-state index contributed by atoms with van der Waals surface area (Å²) in [6.45, 7) is 3.94. The van der Waals surface area contributed by atoms with Gasteiger partial charge >= 0.3 is 0 Å². The smallest absolute Gasteiger partial charge is 0.252 e. The number of amides is 1. The highest BCUT2D eigenvalue weighted by Gasteiger charge is 2.44. The van der Waals surface area contributed by atoms with E-state index >= 15 is 0 Å². The van der Waals surface area contributed by atoms with Crippen molar-refractivity contribution in [3.05, 3.63) is 83.1 Å². The molecule has 242 valence electrons. The van der Waals surface area contributed by atoms with Crippen LogP contribution in [-0.4, -0.2) is 37.4 Å². The van der Waals surface area contributed by atoms with E-state index in [-0.39, 0.29) is 17.5 Å². The Labute approximate surface area is 273 Å². The molecule has 3 aromatic heterocycles. The van der Waals surface area contributed by atoms with Gasteiger partial charge in [-0.25, -0.2) is 9.37 Å². The number of aromatic nitrogens is 4. The Morgan fingerprint density at radius 3 is 2.49 bits per heavy atom. The Morgan fingerprint density at radius 2 is 1.83 bits per heavy atom. The monoisotopic (exact) mass is 633 g/mol. The third kappa shape index (κ3) is 5.41. The molecule has 0 bridgehead atoms. The van der Waals surface area contributed by atoms with E-state index in [1.165, 1.54) is 43.7 Å². The van der Waals surface area contributed by atoms with Crippen LogP contribution >= 0.6 is 0 Å². The second-order valence-electron chi connectivity index (χ2n) is 13.0. The predicted octanol–water partition coefficient (Wildman–Crippen LogP) is 7.73. The number of aryl methyl sites for hydroxylation is 2. The molecule has 8 nitrogen and oxygen atoms in total. The summed E-state index contributed by atoms with van der Waals surface area (Å²) in [5.74, 6) is 1.33. The van der Waals surface area contributed by atoms with Crippen molar-refractivity contribution in [2.45, 2.75) is 70.3 Å². The average Bonchev–Trinajstić information content (AvgIpc) is 3.75. The number of ketones is 1. The maximum atomic E-state index is 14.0. The van der Waals surface area contributed by atoms with Crippen molar-refractivity contribution in [1.82, 2.24) is 24.4 Å². The second kappa shape index (κ2) is 12.1. The van der Waals surface area contributed by atoms with Crippen molar-refractivity contribution in [3.63, 3.8) is 0 Å². The molecule has 2 aliphatic carbocycles. The molecule has 2 aliphatic rings. The van der Waals surface area contributed by atoms with Gasteiger partial charge in [0, 0.05) is 42.2 Å². The first-order chi connectivity index (χ1) is 22.7. The second-order valence-corrected chi connectivity index (χ2v) is 13.0. The summed E-state index contributed by atoms with van der Waals surface area (Å²) in [5, 5.41) is 4.50. The summed E-state index contributed by atoms with van der Waals surface area (Å²) in [5.41, 5.74) is 6.36. The number of fused-ring (bicyclic) bond motifs is 2. The number of benzene rings is 2. The van der Waals surface area contributed by atoms with Crippen LogP contribution in [0.3, 0.4) is 0 Å². The fourth-order valence-corrected chi connectivity index (χ4v) is 7.57. The predicted molar refractivity (Wildman–Crippen MR) is 182 cm³/mol. The summed E-state index contributed by atoms with van der Waals surface area (Å²) >= 11 is 0. The Balaban J connectivity index is 1.25. The highest BCUT2D eigenvalue weighted by Crippen LogP contribution is 2.45. The van der Waals surface area contributed by atoms with Crippen molar-refractivity contribution in [1.29, 1.82) is 0 Å². The lowest BCUT2D eigenvalue weighted by Crippen LogP contribution is -2.52. The molecule has 0 unspecified atom stereocenters. The van der Waals surface area contributed by atoms with Gasteiger partial charge in [-0.3, -0.25) is 14.6 Å².